The van der Waals surface area contributed by atoms with Crippen LogP contribution in [0.2, 0.25) is 0 Å². The lowest BCUT2D eigenvalue weighted by Crippen LogP contribution is -2.28. The Hall–Kier alpha value is -2.37. The third-order valence-electron chi connectivity index (χ3n) is 4.08. The predicted octanol–water partition coefficient (Wildman–Crippen LogP) is 3.69. The van der Waals surface area contributed by atoms with Gasteiger partial charge >= 0.3 is 0 Å². The van der Waals surface area contributed by atoms with Gasteiger partial charge in [0, 0.05) is 22.5 Å². The van der Waals surface area contributed by atoms with Gasteiger partial charge in [-0.05, 0) is 35.6 Å². The summed E-state index contributed by atoms with van der Waals surface area (Å²) in [4.78, 5) is 12.9. The van der Waals surface area contributed by atoms with E-state index >= 15 is 0 Å². The number of hydrogen-bond acceptors (Lipinski definition) is 4. The molecule has 0 aliphatic heterocycles. The number of aliphatic hydroxyl groups excluding tert-OH is 1. The summed E-state index contributed by atoms with van der Waals surface area (Å²) < 4.78 is 6.43. The Bertz CT molecular complexity index is 826. The van der Waals surface area contributed by atoms with E-state index in [-0.39, 0.29) is 12.5 Å². The second-order valence-electron chi connectivity index (χ2n) is 5.82. The second-order valence-corrected chi connectivity index (χ2v) is 6.93. The molecule has 0 aliphatic rings. The SMILES string of the molecule is COc1ccccc1CCC(=O)NC[C@H](O)c1cc2ccccc2s1. The molecule has 0 saturated heterocycles. The van der Waals surface area contributed by atoms with Crippen molar-refractivity contribution in [2.45, 2.75) is 18.9 Å². The lowest BCUT2D eigenvalue weighted by molar-refractivity contribution is -0.121. The van der Waals surface area contributed by atoms with Crippen molar-refractivity contribution in [1.82, 2.24) is 5.32 Å². The van der Waals surface area contributed by atoms with Gasteiger partial charge in [-0.1, -0.05) is 36.4 Å². The maximum Gasteiger partial charge on any atom is 0.220 e. The average molecular weight is 355 g/mol. The molecule has 25 heavy (non-hydrogen) atoms. The summed E-state index contributed by atoms with van der Waals surface area (Å²) in [7, 11) is 1.63. The van der Waals surface area contributed by atoms with Gasteiger partial charge in [0.15, 0.2) is 0 Å². The number of hydrogen-bond donors (Lipinski definition) is 2. The summed E-state index contributed by atoms with van der Waals surface area (Å²) in [5.74, 6) is 0.715. The van der Waals surface area contributed by atoms with Gasteiger partial charge in [0.25, 0.3) is 0 Å². The quantitative estimate of drug-likeness (QED) is 0.679. The number of rotatable bonds is 7. The number of para-hydroxylation sites is 1. The summed E-state index contributed by atoms with van der Waals surface area (Å²) in [5.41, 5.74) is 1.00. The lowest BCUT2D eigenvalue weighted by atomic mass is 10.1. The van der Waals surface area contributed by atoms with Crippen LogP contribution >= 0.6 is 11.3 Å². The van der Waals surface area contributed by atoms with Crippen LogP contribution in [0.4, 0.5) is 0 Å². The van der Waals surface area contributed by atoms with Gasteiger partial charge in [0.2, 0.25) is 5.91 Å². The number of aryl methyl sites for hydroxylation is 1. The van der Waals surface area contributed by atoms with Gasteiger partial charge in [-0.25, -0.2) is 0 Å². The highest BCUT2D eigenvalue weighted by atomic mass is 32.1. The van der Waals surface area contributed by atoms with Crippen molar-refractivity contribution < 1.29 is 14.6 Å². The standard InChI is InChI=1S/C20H21NO3S/c1-24-17-8-4-2-6-14(17)10-11-20(23)21-13-16(22)19-12-15-7-3-5-9-18(15)25-19/h2-9,12,16,22H,10-11,13H2,1H3,(H,21,23)/t16-/m0/s1. The zero-order valence-electron chi connectivity index (χ0n) is 14.1. The van der Waals surface area contributed by atoms with E-state index in [1.54, 1.807) is 18.4 Å². The van der Waals surface area contributed by atoms with Crippen molar-refractivity contribution in [2.75, 3.05) is 13.7 Å². The molecule has 130 valence electrons. The van der Waals surface area contributed by atoms with E-state index in [2.05, 4.69) is 5.32 Å². The molecule has 1 heterocycles. The summed E-state index contributed by atoms with van der Waals surface area (Å²) in [6.07, 6.45) is 0.279. The van der Waals surface area contributed by atoms with E-state index in [0.29, 0.717) is 12.8 Å². The molecule has 1 atom stereocenters. The number of fused-ring (bicyclic) bond motifs is 1. The highest BCUT2D eigenvalue weighted by molar-refractivity contribution is 7.19. The molecule has 0 unspecified atom stereocenters. The number of carbonyl (C=O) groups is 1. The molecule has 3 aromatic rings. The molecular weight excluding hydrogens is 334 g/mol. The van der Waals surface area contributed by atoms with Crippen molar-refractivity contribution in [3.63, 3.8) is 0 Å². The normalized spacial score (nSPS) is 12.1. The van der Waals surface area contributed by atoms with Crippen LogP contribution < -0.4 is 10.1 Å². The first-order valence-corrected chi connectivity index (χ1v) is 9.04. The van der Waals surface area contributed by atoms with Gasteiger partial charge in [-0.15, -0.1) is 11.3 Å². The van der Waals surface area contributed by atoms with Gasteiger partial charge < -0.3 is 15.2 Å². The highest BCUT2D eigenvalue weighted by Crippen LogP contribution is 2.29. The minimum atomic E-state index is -0.687. The molecule has 1 aromatic heterocycles. The Morgan fingerprint density at radius 1 is 1.20 bits per heavy atom. The average Bonchev–Trinajstić information content (AvgIpc) is 3.09. The minimum Gasteiger partial charge on any atom is -0.496 e. The van der Waals surface area contributed by atoms with Crippen LogP contribution in [0.3, 0.4) is 0 Å². The number of carbonyl (C=O) groups excluding carboxylic acids is 1. The van der Waals surface area contributed by atoms with Crippen LogP contribution in [0.15, 0.2) is 54.6 Å². The van der Waals surface area contributed by atoms with Crippen LogP contribution in [0.1, 0.15) is 23.0 Å². The number of methoxy groups -OCH3 is 1. The van der Waals surface area contributed by atoms with E-state index in [0.717, 1.165) is 26.3 Å². The Morgan fingerprint density at radius 2 is 1.96 bits per heavy atom. The molecule has 5 heteroatoms. The lowest BCUT2D eigenvalue weighted by Gasteiger charge is -2.11. The Labute approximate surface area is 151 Å². The maximum absolute atomic E-state index is 12.1. The second kappa shape index (κ2) is 8.14. The van der Waals surface area contributed by atoms with E-state index in [1.165, 1.54) is 0 Å². The smallest absolute Gasteiger partial charge is 0.220 e. The maximum atomic E-state index is 12.1. The van der Waals surface area contributed by atoms with Crippen LogP contribution in [0, 0.1) is 0 Å². The van der Waals surface area contributed by atoms with Gasteiger partial charge in [0.1, 0.15) is 11.9 Å². The topological polar surface area (TPSA) is 58.6 Å². The molecule has 0 saturated carbocycles. The first kappa shape index (κ1) is 17.5. The molecule has 2 N–H and O–H groups in total. The molecule has 2 aromatic carbocycles. The fourth-order valence-electron chi connectivity index (χ4n) is 2.72. The summed E-state index contributed by atoms with van der Waals surface area (Å²) in [5, 5.41) is 14.2. The minimum absolute atomic E-state index is 0.0777. The Morgan fingerprint density at radius 3 is 2.76 bits per heavy atom. The third kappa shape index (κ3) is 4.38. The van der Waals surface area contributed by atoms with Gasteiger partial charge in [0.05, 0.1) is 7.11 Å². The summed E-state index contributed by atoms with van der Waals surface area (Å²) in [6.45, 7) is 0.220. The number of ether oxygens (including phenoxy) is 1. The molecule has 4 nitrogen and oxygen atoms in total. The summed E-state index contributed by atoms with van der Waals surface area (Å²) >= 11 is 1.55. The van der Waals surface area contributed by atoms with Crippen LogP contribution in [0.25, 0.3) is 10.1 Å². The fraction of sp³-hybridized carbons (Fsp3) is 0.250. The highest BCUT2D eigenvalue weighted by Gasteiger charge is 2.13. The van der Waals surface area contributed by atoms with E-state index < -0.39 is 6.10 Å². The van der Waals surface area contributed by atoms with Crippen LogP contribution in [-0.4, -0.2) is 24.7 Å². The first-order chi connectivity index (χ1) is 12.2. The van der Waals surface area contributed by atoms with Crippen molar-refractivity contribution in [2.24, 2.45) is 0 Å². The molecule has 3 rings (SSSR count). The van der Waals surface area contributed by atoms with Crippen LogP contribution in [0.5, 0.6) is 5.75 Å². The number of thiophene rings is 1. The molecule has 0 bridgehead atoms. The molecule has 1 amide bonds. The van der Waals surface area contributed by atoms with Crippen molar-refractivity contribution >= 4 is 27.3 Å². The third-order valence-corrected chi connectivity index (χ3v) is 5.30. The van der Waals surface area contributed by atoms with Gasteiger partial charge in [-0.2, -0.15) is 0 Å². The number of nitrogens with one attached hydrogen (secondary N) is 1. The molecule has 0 radical (unpaired) electrons. The molecular formula is C20H21NO3S. The van der Waals surface area contributed by atoms with Crippen LogP contribution in [-0.2, 0) is 11.2 Å². The zero-order chi connectivity index (χ0) is 17.6. The summed E-state index contributed by atoms with van der Waals surface area (Å²) in [6, 6.07) is 17.7. The largest absolute Gasteiger partial charge is 0.496 e. The molecule has 0 spiro atoms. The van der Waals surface area contributed by atoms with Gasteiger partial charge in [-0.3, -0.25) is 4.79 Å². The molecule has 0 aliphatic carbocycles. The number of amides is 1. The Balaban J connectivity index is 1.51. The van der Waals surface area contributed by atoms with Crippen molar-refractivity contribution in [3.8, 4) is 5.75 Å². The molecule has 0 fully saturated rings. The predicted molar refractivity (Wildman–Crippen MR) is 101 cm³/mol. The Kier molecular flexibility index (Phi) is 5.68. The fourth-order valence-corrected chi connectivity index (χ4v) is 3.77. The first-order valence-electron chi connectivity index (χ1n) is 8.22. The van der Waals surface area contributed by atoms with Crippen molar-refractivity contribution in [1.29, 1.82) is 0 Å². The number of aliphatic hydroxyl groups is 1. The number of benzene rings is 2. The monoisotopic (exact) mass is 355 g/mol. The van der Waals surface area contributed by atoms with E-state index in [4.69, 9.17) is 4.74 Å². The zero-order valence-corrected chi connectivity index (χ0v) is 14.9. The van der Waals surface area contributed by atoms with Crippen molar-refractivity contribution in [3.05, 3.63) is 65.0 Å². The van der Waals surface area contributed by atoms with E-state index in [1.807, 2.05) is 54.6 Å². The van der Waals surface area contributed by atoms with E-state index in [9.17, 15) is 9.90 Å².